The fourth-order valence-corrected chi connectivity index (χ4v) is 4.27. The first kappa shape index (κ1) is 16.2. The molecule has 1 aliphatic heterocycles. The first-order valence-electron chi connectivity index (χ1n) is 6.89. The highest BCUT2D eigenvalue weighted by molar-refractivity contribution is 7.90. The quantitative estimate of drug-likeness (QED) is 0.795. The number of thiazole rings is 1. The molecule has 0 spiro atoms. The van der Waals surface area contributed by atoms with Crippen LogP contribution in [0.4, 0.5) is 5.13 Å². The molecule has 7 nitrogen and oxygen atoms in total. The molecule has 0 bridgehead atoms. The zero-order valence-electron chi connectivity index (χ0n) is 11.9. The van der Waals surface area contributed by atoms with Crippen LogP contribution in [0.2, 0.25) is 0 Å². The number of piperidine rings is 1. The van der Waals surface area contributed by atoms with E-state index in [1.54, 1.807) is 12.3 Å². The number of anilines is 1. The number of rotatable bonds is 6. The van der Waals surface area contributed by atoms with Crippen LogP contribution in [-0.4, -0.2) is 43.4 Å². The van der Waals surface area contributed by atoms with Gasteiger partial charge in [0.1, 0.15) is 0 Å². The van der Waals surface area contributed by atoms with Gasteiger partial charge in [-0.1, -0.05) is 6.42 Å². The van der Waals surface area contributed by atoms with Crippen LogP contribution in [0.1, 0.15) is 31.9 Å². The van der Waals surface area contributed by atoms with Gasteiger partial charge in [-0.3, -0.25) is 4.79 Å². The maximum absolute atomic E-state index is 12.2. The summed E-state index contributed by atoms with van der Waals surface area (Å²) in [5, 5.41) is 1.94. The van der Waals surface area contributed by atoms with Crippen LogP contribution in [0.15, 0.2) is 5.38 Å². The Labute approximate surface area is 128 Å². The minimum absolute atomic E-state index is 0.0514. The first-order chi connectivity index (χ1) is 10.0. The molecule has 9 heteroatoms. The average molecular weight is 333 g/mol. The Hall–Kier alpha value is -1.19. The molecular weight excluding hydrogens is 314 g/mol. The normalized spacial score (nSPS) is 16.6. The fraction of sp³-hybridized carbons (Fsp3) is 0.667. The molecule has 0 atom stereocenters. The summed E-state index contributed by atoms with van der Waals surface area (Å²) in [7, 11) is -3.55. The van der Waals surface area contributed by atoms with Gasteiger partial charge in [-0.25, -0.2) is 9.71 Å². The maximum Gasteiger partial charge on any atom is 0.311 e. The van der Waals surface area contributed by atoms with Crippen molar-refractivity contribution in [1.29, 1.82) is 0 Å². The van der Waals surface area contributed by atoms with Gasteiger partial charge in [0.2, 0.25) is 0 Å². The van der Waals surface area contributed by atoms with Gasteiger partial charge in [-0.05, 0) is 19.8 Å². The Balaban J connectivity index is 1.96. The lowest BCUT2D eigenvalue weighted by atomic mass is 10.2. The molecule has 1 N–H and O–H groups in total. The van der Waals surface area contributed by atoms with Crippen molar-refractivity contribution in [3.05, 3.63) is 11.1 Å². The number of nitrogens with zero attached hydrogens (tertiary/aromatic N) is 2. The third-order valence-corrected chi connectivity index (χ3v) is 5.49. The van der Waals surface area contributed by atoms with E-state index in [-0.39, 0.29) is 17.5 Å². The second-order valence-electron chi connectivity index (χ2n) is 4.69. The van der Waals surface area contributed by atoms with E-state index in [1.807, 2.05) is 0 Å². The molecule has 2 rings (SSSR count). The zero-order valence-corrected chi connectivity index (χ0v) is 13.5. The summed E-state index contributed by atoms with van der Waals surface area (Å²) < 4.78 is 33.1. The van der Waals surface area contributed by atoms with E-state index in [2.05, 4.69) is 9.71 Å². The second-order valence-corrected chi connectivity index (χ2v) is 7.22. The number of carbonyl (C=O) groups excluding carboxylic acids is 1. The highest BCUT2D eigenvalue weighted by Crippen LogP contribution is 2.20. The van der Waals surface area contributed by atoms with E-state index in [9.17, 15) is 13.2 Å². The number of esters is 1. The Morgan fingerprint density at radius 2 is 2.14 bits per heavy atom. The number of ether oxygens (including phenoxy) is 1. The zero-order chi connectivity index (χ0) is 15.3. The van der Waals surface area contributed by atoms with Crippen molar-refractivity contribution >= 4 is 32.6 Å². The molecule has 118 valence electrons. The standard InChI is InChI=1S/C12H19N3O4S2/c1-2-19-11(16)8-10-9-20-12(13-10)14-21(17,18)15-6-4-3-5-7-15/h9H,2-8H2,1H3,(H,13,14). The third-order valence-electron chi connectivity index (χ3n) is 3.05. The largest absolute Gasteiger partial charge is 0.466 e. The summed E-state index contributed by atoms with van der Waals surface area (Å²) in [6.07, 6.45) is 2.88. The maximum atomic E-state index is 12.2. The molecule has 0 aromatic carbocycles. The van der Waals surface area contributed by atoms with Crippen molar-refractivity contribution in [2.24, 2.45) is 0 Å². The number of hydrogen-bond donors (Lipinski definition) is 1. The third kappa shape index (κ3) is 4.65. The van der Waals surface area contributed by atoms with E-state index in [4.69, 9.17) is 4.74 Å². The van der Waals surface area contributed by atoms with Crippen molar-refractivity contribution in [1.82, 2.24) is 9.29 Å². The van der Waals surface area contributed by atoms with Crippen molar-refractivity contribution in [3.8, 4) is 0 Å². The minimum Gasteiger partial charge on any atom is -0.466 e. The smallest absolute Gasteiger partial charge is 0.311 e. The van der Waals surface area contributed by atoms with Gasteiger partial charge in [-0.15, -0.1) is 11.3 Å². The van der Waals surface area contributed by atoms with Gasteiger partial charge in [0.25, 0.3) is 0 Å². The number of aromatic nitrogens is 1. The van der Waals surface area contributed by atoms with Crippen LogP contribution in [-0.2, 0) is 26.2 Å². The number of hydrogen-bond acceptors (Lipinski definition) is 6. The highest BCUT2D eigenvalue weighted by Gasteiger charge is 2.24. The second kappa shape index (κ2) is 7.19. The SMILES string of the molecule is CCOC(=O)Cc1csc(NS(=O)(=O)N2CCCCC2)n1. The van der Waals surface area contributed by atoms with E-state index in [0.29, 0.717) is 25.4 Å². The molecule has 0 aliphatic carbocycles. The van der Waals surface area contributed by atoms with Gasteiger partial charge < -0.3 is 4.74 Å². The monoisotopic (exact) mass is 333 g/mol. The van der Waals surface area contributed by atoms with Crippen LogP contribution < -0.4 is 4.72 Å². The van der Waals surface area contributed by atoms with Gasteiger partial charge in [0, 0.05) is 18.5 Å². The topological polar surface area (TPSA) is 88.6 Å². The van der Waals surface area contributed by atoms with Crippen molar-refractivity contribution in [2.45, 2.75) is 32.6 Å². The van der Waals surface area contributed by atoms with Crippen LogP contribution in [0, 0.1) is 0 Å². The average Bonchev–Trinajstić information content (AvgIpc) is 2.86. The van der Waals surface area contributed by atoms with Crippen LogP contribution in [0.5, 0.6) is 0 Å². The summed E-state index contributed by atoms with van der Waals surface area (Å²) in [6.45, 7) is 3.13. The van der Waals surface area contributed by atoms with E-state index in [0.717, 1.165) is 30.6 Å². The summed E-state index contributed by atoms with van der Waals surface area (Å²) in [5.41, 5.74) is 0.509. The van der Waals surface area contributed by atoms with Crippen molar-refractivity contribution in [3.63, 3.8) is 0 Å². The van der Waals surface area contributed by atoms with E-state index in [1.165, 1.54) is 4.31 Å². The van der Waals surface area contributed by atoms with Crippen molar-refractivity contribution in [2.75, 3.05) is 24.4 Å². The predicted molar refractivity (Wildman–Crippen MR) is 80.4 cm³/mol. The molecule has 2 heterocycles. The van der Waals surface area contributed by atoms with Crippen molar-refractivity contribution < 1.29 is 17.9 Å². The van der Waals surface area contributed by atoms with Crippen LogP contribution >= 0.6 is 11.3 Å². The molecule has 0 unspecified atom stereocenters. The van der Waals surface area contributed by atoms with Gasteiger partial charge >= 0.3 is 16.2 Å². The lowest BCUT2D eigenvalue weighted by Gasteiger charge is -2.25. The Morgan fingerprint density at radius 3 is 2.81 bits per heavy atom. The molecule has 0 radical (unpaired) electrons. The molecule has 0 amide bonds. The van der Waals surface area contributed by atoms with Crippen LogP contribution in [0.3, 0.4) is 0 Å². The molecule has 1 fully saturated rings. The Bertz CT molecular complexity index is 579. The predicted octanol–water partition coefficient (Wildman–Crippen LogP) is 1.39. The highest BCUT2D eigenvalue weighted by atomic mass is 32.2. The molecule has 1 aliphatic rings. The van der Waals surface area contributed by atoms with Gasteiger partial charge in [0.15, 0.2) is 5.13 Å². The molecule has 21 heavy (non-hydrogen) atoms. The summed E-state index contributed by atoms with van der Waals surface area (Å²) >= 11 is 1.16. The van der Waals surface area contributed by atoms with E-state index < -0.39 is 10.2 Å². The number of carbonyl (C=O) groups is 1. The van der Waals surface area contributed by atoms with Crippen LogP contribution in [0.25, 0.3) is 0 Å². The molecule has 1 aromatic rings. The summed E-state index contributed by atoms with van der Waals surface area (Å²) in [5.74, 6) is -0.367. The minimum atomic E-state index is -3.55. The Kier molecular flexibility index (Phi) is 5.54. The summed E-state index contributed by atoms with van der Waals surface area (Å²) in [4.78, 5) is 15.5. The van der Waals surface area contributed by atoms with Gasteiger partial charge in [0.05, 0.1) is 18.7 Å². The fourth-order valence-electron chi connectivity index (χ4n) is 2.08. The number of nitrogens with one attached hydrogen (secondary N) is 1. The Morgan fingerprint density at radius 1 is 1.43 bits per heavy atom. The molecule has 1 aromatic heterocycles. The molecule has 0 saturated carbocycles. The summed E-state index contributed by atoms with van der Waals surface area (Å²) in [6, 6.07) is 0. The molecule has 1 saturated heterocycles. The first-order valence-corrected chi connectivity index (χ1v) is 9.21. The molecular formula is C12H19N3O4S2. The van der Waals surface area contributed by atoms with E-state index >= 15 is 0 Å². The lowest BCUT2D eigenvalue weighted by Crippen LogP contribution is -2.39. The van der Waals surface area contributed by atoms with Gasteiger partial charge in [-0.2, -0.15) is 12.7 Å². The lowest BCUT2D eigenvalue weighted by molar-refractivity contribution is -0.142.